The second-order valence-corrected chi connectivity index (χ2v) is 5.14. The first-order valence-electron chi connectivity index (χ1n) is 7.43. The van der Waals surface area contributed by atoms with Crippen LogP contribution in [-0.4, -0.2) is 27.2 Å². The normalized spacial score (nSPS) is 10.9. The lowest BCUT2D eigenvalue weighted by Crippen LogP contribution is -2.29. The summed E-state index contributed by atoms with van der Waals surface area (Å²) < 4.78 is 12.8. The molecule has 8 heteroatoms. The largest absolute Gasteiger partial charge is 0.346 e. The summed E-state index contributed by atoms with van der Waals surface area (Å²) in [5.74, 6) is -0.999. The zero-order valence-electron chi connectivity index (χ0n) is 13.0. The summed E-state index contributed by atoms with van der Waals surface area (Å²) >= 11 is 0. The van der Waals surface area contributed by atoms with Crippen LogP contribution >= 0.6 is 0 Å². The van der Waals surface area contributed by atoms with E-state index in [1.54, 1.807) is 12.1 Å². The molecule has 0 atom stereocenters. The minimum atomic E-state index is -0.663. The van der Waals surface area contributed by atoms with Gasteiger partial charge >= 0.3 is 5.56 Å². The molecule has 2 aromatic carbocycles. The number of nitrogens with zero attached hydrogens (tertiary/aromatic N) is 3. The number of rotatable bonds is 5. The predicted molar refractivity (Wildman–Crippen MR) is 89.9 cm³/mol. The van der Waals surface area contributed by atoms with Crippen LogP contribution in [0.2, 0.25) is 0 Å². The van der Waals surface area contributed by atoms with Crippen LogP contribution in [0, 0.1) is 5.82 Å². The van der Waals surface area contributed by atoms with Gasteiger partial charge in [-0.2, -0.15) is 10.3 Å². The molecule has 0 saturated carbocycles. The minimum Gasteiger partial charge on any atom is -0.346 e. The number of aromatic nitrogens is 3. The zero-order valence-corrected chi connectivity index (χ0v) is 13.0. The molecule has 2 N–H and O–H groups in total. The highest BCUT2D eigenvalue weighted by Crippen LogP contribution is 2.02. The van der Waals surface area contributed by atoms with Crippen molar-refractivity contribution in [3.05, 3.63) is 87.6 Å². The fourth-order valence-corrected chi connectivity index (χ4v) is 2.05. The molecule has 1 aromatic heterocycles. The average molecular weight is 339 g/mol. The van der Waals surface area contributed by atoms with Gasteiger partial charge in [0.25, 0.3) is 5.91 Å². The standard InChI is InChI=1S/C17H14FN5O2/c18-14-8-6-13(7-9-14)10-19-16(24)15-17(25)23(22-21-15)20-11-12-4-2-1-3-5-12/h1-9,11,22H,10H2,(H,19,24). The SMILES string of the molecule is O=C(NCc1ccc(F)cc1)c1n[nH]n(N=Cc2ccccc2)c1=O. The van der Waals surface area contributed by atoms with E-state index in [0.29, 0.717) is 5.56 Å². The Hall–Kier alpha value is -3.55. The Morgan fingerprint density at radius 1 is 1.20 bits per heavy atom. The van der Waals surface area contributed by atoms with E-state index < -0.39 is 11.5 Å². The van der Waals surface area contributed by atoms with Crippen molar-refractivity contribution in [3.63, 3.8) is 0 Å². The first kappa shape index (κ1) is 16.3. The van der Waals surface area contributed by atoms with E-state index >= 15 is 0 Å². The maximum absolute atomic E-state index is 12.8. The lowest BCUT2D eigenvalue weighted by molar-refractivity contribution is 0.0944. The number of hydrogen-bond donors (Lipinski definition) is 2. The second-order valence-electron chi connectivity index (χ2n) is 5.14. The smallest absolute Gasteiger partial charge is 0.320 e. The van der Waals surface area contributed by atoms with E-state index in [2.05, 4.69) is 20.7 Å². The van der Waals surface area contributed by atoms with E-state index in [9.17, 15) is 14.0 Å². The quantitative estimate of drug-likeness (QED) is 0.690. The number of H-pyrrole nitrogens is 1. The molecule has 0 unspecified atom stereocenters. The Bertz CT molecular complexity index is 945. The van der Waals surface area contributed by atoms with Crippen molar-refractivity contribution < 1.29 is 9.18 Å². The van der Waals surface area contributed by atoms with Crippen LogP contribution in [-0.2, 0) is 6.54 Å². The number of benzene rings is 2. The molecule has 0 radical (unpaired) electrons. The molecule has 0 bridgehead atoms. The van der Waals surface area contributed by atoms with Crippen molar-refractivity contribution in [1.82, 2.24) is 20.4 Å². The van der Waals surface area contributed by atoms with Crippen molar-refractivity contribution in [2.75, 3.05) is 0 Å². The second kappa shape index (κ2) is 7.35. The van der Waals surface area contributed by atoms with Gasteiger partial charge in [0.15, 0.2) is 0 Å². The van der Waals surface area contributed by atoms with Crippen LogP contribution in [0.5, 0.6) is 0 Å². The molecule has 7 nitrogen and oxygen atoms in total. The van der Waals surface area contributed by atoms with Gasteiger partial charge in [0.1, 0.15) is 5.82 Å². The lowest BCUT2D eigenvalue weighted by Gasteiger charge is -2.02. The topological polar surface area (TPSA) is 92.1 Å². The Morgan fingerprint density at radius 3 is 2.64 bits per heavy atom. The van der Waals surface area contributed by atoms with Gasteiger partial charge in [-0.05, 0) is 23.3 Å². The van der Waals surface area contributed by atoms with Gasteiger partial charge in [0, 0.05) is 6.54 Å². The van der Waals surface area contributed by atoms with Crippen molar-refractivity contribution in [2.24, 2.45) is 5.10 Å². The molecule has 0 aliphatic carbocycles. The molecule has 0 aliphatic heterocycles. The average Bonchev–Trinajstić information content (AvgIpc) is 3.01. The monoisotopic (exact) mass is 339 g/mol. The first-order valence-corrected chi connectivity index (χ1v) is 7.43. The van der Waals surface area contributed by atoms with Crippen LogP contribution in [0.15, 0.2) is 64.5 Å². The molecule has 3 rings (SSSR count). The van der Waals surface area contributed by atoms with E-state index in [0.717, 1.165) is 10.4 Å². The summed E-state index contributed by atoms with van der Waals surface area (Å²) in [5.41, 5.74) is 0.537. The fourth-order valence-electron chi connectivity index (χ4n) is 2.05. The Kier molecular flexibility index (Phi) is 4.79. The van der Waals surface area contributed by atoms with E-state index in [-0.39, 0.29) is 18.1 Å². The first-order chi connectivity index (χ1) is 12.1. The van der Waals surface area contributed by atoms with Gasteiger partial charge in [-0.15, -0.1) is 9.89 Å². The third kappa shape index (κ3) is 4.05. The van der Waals surface area contributed by atoms with Crippen LogP contribution in [0.25, 0.3) is 0 Å². The highest BCUT2D eigenvalue weighted by atomic mass is 19.1. The molecular formula is C17H14FN5O2. The van der Waals surface area contributed by atoms with E-state index in [1.165, 1.54) is 18.3 Å². The van der Waals surface area contributed by atoms with Crippen molar-refractivity contribution in [1.29, 1.82) is 0 Å². The van der Waals surface area contributed by atoms with Gasteiger partial charge in [0.05, 0.1) is 6.21 Å². The molecule has 25 heavy (non-hydrogen) atoms. The highest BCUT2D eigenvalue weighted by molar-refractivity contribution is 5.91. The lowest BCUT2D eigenvalue weighted by atomic mass is 10.2. The summed E-state index contributed by atoms with van der Waals surface area (Å²) in [6, 6.07) is 14.9. The summed E-state index contributed by atoms with van der Waals surface area (Å²) in [5, 5.41) is 12.6. The third-order valence-corrected chi connectivity index (χ3v) is 3.35. The molecule has 1 amide bonds. The minimum absolute atomic E-state index is 0.151. The molecule has 126 valence electrons. The summed E-state index contributed by atoms with van der Waals surface area (Å²) in [6.45, 7) is 0.151. The number of halogens is 1. The van der Waals surface area contributed by atoms with Crippen molar-refractivity contribution in [2.45, 2.75) is 6.54 Å². The maximum Gasteiger partial charge on any atom is 0.320 e. The predicted octanol–water partition coefficient (Wildman–Crippen LogP) is 1.52. The number of amides is 1. The van der Waals surface area contributed by atoms with Gasteiger partial charge in [0.2, 0.25) is 5.69 Å². The Labute approximate surface area is 141 Å². The third-order valence-electron chi connectivity index (χ3n) is 3.35. The summed E-state index contributed by atoms with van der Waals surface area (Å²) in [7, 11) is 0. The number of nitrogens with one attached hydrogen (secondary N) is 2. The molecule has 3 aromatic rings. The van der Waals surface area contributed by atoms with Gasteiger partial charge in [-0.25, -0.2) is 4.39 Å². The van der Waals surface area contributed by atoms with Gasteiger partial charge in [-0.1, -0.05) is 42.5 Å². The van der Waals surface area contributed by atoms with Gasteiger partial charge in [-0.3, -0.25) is 9.59 Å². The van der Waals surface area contributed by atoms with Crippen molar-refractivity contribution >= 4 is 12.1 Å². The van der Waals surface area contributed by atoms with Crippen molar-refractivity contribution in [3.8, 4) is 0 Å². The Morgan fingerprint density at radius 2 is 1.92 bits per heavy atom. The number of carbonyl (C=O) groups is 1. The maximum atomic E-state index is 12.8. The zero-order chi connectivity index (χ0) is 17.6. The van der Waals surface area contributed by atoms with E-state index in [4.69, 9.17) is 0 Å². The summed E-state index contributed by atoms with van der Waals surface area (Å²) in [6.07, 6.45) is 1.47. The molecule has 0 aliphatic rings. The molecular weight excluding hydrogens is 325 g/mol. The van der Waals surface area contributed by atoms with E-state index in [1.807, 2.05) is 30.3 Å². The molecule has 1 heterocycles. The van der Waals surface area contributed by atoms with Gasteiger partial charge < -0.3 is 5.32 Å². The van der Waals surface area contributed by atoms with Crippen LogP contribution in [0.1, 0.15) is 21.6 Å². The van der Waals surface area contributed by atoms with Crippen LogP contribution in [0.3, 0.4) is 0 Å². The molecule has 0 saturated heterocycles. The number of carbonyl (C=O) groups excluding carboxylic acids is 1. The molecule has 0 fully saturated rings. The number of aromatic amines is 1. The highest BCUT2D eigenvalue weighted by Gasteiger charge is 2.16. The Balaban J connectivity index is 1.68. The fraction of sp³-hybridized carbons (Fsp3) is 0.0588. The molecule has 0 spiro atoms. The van der Waals surface area contributed by atoms with Crippen LogP contribution in [0.4, 0.5) is 4.39 Å². The summed E-state index contributed by atoms with van der Waals surface area (Å²) in [4.78, 5) is 25.1. The number of hydrogen-bond acceptors (Lipinski definition) is 4. The van der Waals surface area contributed by atoms with Crippen LogP contribution < -0.4 is 10.9 Å².